The van der Waals surface area contributed by atoms with Crippen molar-refractivity contribution < 1.29 is 0 Å². The molecule has 4 nitrogen and oxygen atoms in total. The average Bonchev–Trinajstić information content (AvgIpc) is 1.85. The van der Waals surface area contributed by atoms with Crippen molar-refractivity contribution in [2.24, 2.45) is 11.0 Å². The molecule has 0 saturated carbocycles. The normalized spacial score (nSPS) is 11.5. The molecule has 0 radical (unpaired) electrons. The molecule has 11 heavy (non-hydrogen) atoms. The van der Waals surface area contributed by atoms with Crippen LogP contribution < -0.4 is 11.0 Å². The van der Waals surface area contributed by atoms with Gasteiger partial charge >= 0.3 is 0 Å². The van der Waals surface area contributed by atoms with E-state index < -0.39 is 5.54 Å². The van der Waals surface area contributed by atoms with Gasteiger partial charge in [0.25, 0.3) is 0 Å². The van der Waals surface area contributed by atoms with Gasteiger partial charge in [0.2, 0.25) is 0 Å². The zero-order chi connectivity index (χ0) is 8.32. The Morgan fingerprint density at radius 3 is 2.36 bits per heavy atom. The van der Waals surface area contributed by atoms with Gasteiger partial charge in [-0.25, -0.2) is 9.97 Å². The molecule has 0 aliphatic carbocycles. The molecule has 1 heterocycles. The summed E-state index contributed by atoms with van der Waals surface area (Å²) in [6, 6.07) is 1.72. The summed E-state index contributed by atoms with van der Waals surface area (Å²) in [5.41, 5.74) is 8.65. The molecule has 0 saturated heterocycles. The van der Waals surface area contributed by atoms with Gasteiger partial charge in [-0.2, -0.15) is 0 Å². The van der Waals surface area contributed by atoms with Crippen LogP contribution in [-0.2, 0) is 11.8 Å². The second-order valence-electron chi connectivity index (χ2n) is 1.77. The highest BCUT2D eigenvalue weighted by molar-refractivity contribution is 8.69. The van der Waals surface area contributed by atoms with Crippen molar-refractivity contribution >= 4 is 28.7 Å². The monoisotopic (exact) mass is 206 g/mol. The minimum absolute atomic E-state index is 0.542. The van der Waals surface area contributed by atoms with Crippen molar-refractivity contribution in [3.63, 3.8) is 0 Å². The molecule has 1 aromatic rings. The van der Waals surface area contributed by atoms with Crippen LogP contribution in [0, 0.1) is 0 Å². The fourth-order valence-corrected chi connectivity index (χ4v) is 2.58. The lowest BCUT2D eigenvalue weighted by Crippen LogP contribution is -2.00. The molecule has 0 spiro atoms. The molecule has 60 valence electrons. The molecule has 4 N–H and O–H groups in total. The second-order valence-corrected chi connectivity index (χ2v) is 8.47. The first-order valence-electron chi connectivity index (χ1n) is 2.72. The molecule has 0 amide bonds. The maximum absolute atomic E-state index is 5.45. The molecule has 0 aliphatic rings. The van der Waals surface area contributed by atoms with E-state index in [1.54, 1.807) is 18.5 Å². The van der Waals surface area contributed by atoms with E-state index in [0.29, 0.717) is 5.16 Å². The van der Waals surface area contributed by atoms with E-state index in [1.807, 2.05) is 0 Å². The molecule has 0 bridgehead atoms. The summed E-state index contributed by atoms with van der Waals surface area (Å²) in [5.74, 6) is 0. The van der Waals surface area contributed by atoms with E-state index in [2.05, 4.69) is 9.97 Å². The molecule has 7 heteroatoms. The van der Waals surface area contributed by atoms with Gasteiger partial charge in [-0.15, -0.1) is 0 Å². The minimum Gasteiger partial charge on any atom is -0.283 e. The van der Waals surface area contributed by atoms with Gasteiger partial charge in [-0.05, 0) is 17.4 Å². The van der Waals surface area contributed by atoms with Crippen LogP contribution in [0.15, 0.2) is 23.6 Å². The van der Waals surface area contributed by atoms with Gasteiger partial charge < -0.3 is 0 Å². The third-order valence-corrected chi connectivity index (χ3v) is 3.44. The largest absolute Gasteiger partial charge is 0.283 e. The average molecular weight is 206 g/mol. The molecule has 0 aromatic carbocycles. The molecule has 0 unspecified atom stereocenters. The fourth-order valence-electron chi connectivity index (χ4n) is 0.460. The Kier molecular flexibility index (Phi) is 2.98. The van der Waals surface area contributed by atoms with E-state index in [-0.39, 0.29) is 0 Å². The van der Waals surface area contributed by atoms with Gasteiger partial charge in [0, 0.05) is 12.4 Å². The predicted octanol–water partition coefficient (Wildman–Crippen LogP) is 0.711. The van der Waals surface area contributed by atoms with Gasteiger partial charge in [0.05, 0.1) is 0 Å². The second kappa shape index (κ2) is 3.60. The molecule has 0 fully saturated rings. The zero-order valence-electron chi connectivity index (χ0n) is 5.54. The van der Waals surface area contributed by atoms with Gasteiger partial charge in [0.1, 0.15) is 5.54 Å². The highest BCUT2D eigenvalue weighted by Gasteiger charge is 2.06. The first-order valence-corrected chi connectivity index (χ1v) is 7.08. The topological polar surface area (TPSA) is 77.8 Å². The van der Waals surface area contributed by atoms with Crippen LogP contribution >= 0.6 is 16.9 Å². The summed E-state index contributed by atoms with van der Waals surface area (Å²) >= 11 is 5.98. The Morgan fingerprint density at radius 1 is 1.36 bits per heavy atom. The fraction of sp³-hybridized carbons (Fsp3) is 0. The van der Waals surface area contributed by atoms with Crippen LogP contribution in [0.4, 0.5) is 0 Å². The van der Waals surface area contributed by atoms with E-state index in [0.717, 1.165) is 11.4 Å². The van der Waals surface area contributed by atoms with Crippen LogP contribution in [-0.4, -0.2) is 9.97 Å². The smallest absolute Gasteiger partial charge is 0.194 e. The van der Waals surface area contributed by atoms with Crippen LogP contribution in [0.3, 0.4) is 0 Å². The van der Waals surface area contributed by atoms with Gasteiger partial charge in [-0.3, -0.25) is 11.0 Å². The number of aromatic nitrogens is 2. The van der Waals surface area contributed by atoms with Crippen molar-refractivity contribution in [3.8, 4) is 0 Å². The number of rotatable bonds is 2. The number of hydrogen-bond donors (Lipinski definition) is 2. The summed E-state index contributed by atoms with van der Waals surface area (Å²) < 4.78 is 0. The van der Waals surface area contributed by atoms with Gasteiger partial charge in [0.15, 0.2) is 5.16 Å². The lowest BCUT2D eigenvalue weighted by Gasteiger charge is -2.05. The lowest BCUT2D eigenvalue weighted by molar-refractivity contribution is 0.973. The first-order chi connectivity index (χ1) is 5.08. The standard InChI is InChI=1S/C4H7N4PS2/c5-9(6,10)11-4-7-2-1-3-8-4/h1-3H,(H4,5,6,10). The van der Waals surface area contributed by atoms with E-state index in [4.69, 9.17) is 22.8 Å². The van der Waals surface area contributed by atoms with Crippen molar-refractivity contribution in [2.45, 2.75) is 5.16 Å². The highest BCUT2D eigenvalue weighted by Crippen LogP contribution is 2.46. The van der Waals surface area contributed by atoms with E-state index in [1.165, 1.54) is 0 Å². The Hall–Kier alpha value is 0.0000000000000000555. The van der Waals surface area contributed by atoms with Crippen LogP contribution in [0.2, 0.25) is 0 Å². The summed E-state index contributed by atoms with van der Waals surface area (Å²) in [4.78, 5) is 7.83. The highest BCUT2D eigenvalue weighted by atomic mass is 32.9. The van der Waals surface area contributed by atoms with Gasteiger partial charge in [-0.1, -0.05) is 11.8 Å². The summed E-state index contributed by atoms with van der Waals surface area (Å²) in [6.07, 6.45) is 3.25. The van der Waals surface area contributed by atoms with Crippen molar-refractivity contribution in [3.05, 3.63) is 18.5 Å². The van der Waals surface area contributed by atoms with E-state index in [9.17, 15) is 0 Å². The third-order valence-electron chi connectivity index (χ3n) is 0.766. The third kappa shape index (κ3) is 3.79. The quantitative estimate of drug-likeness (QED) is 0.548. The summed E-state index contributed by atoms with van der Waals surface area (Å²) in [7, 11) is 0. The van der Waals surface area contributed by atoms with Crippen molar-refractivity contribution in [1.29, 1.82) is 0 Å². The Morgan fingerprint density at radius 2 is 1.91 bits per heavy atom. The van der Waals surface area contributed by atoms with Crippen LogP contribution in [0.1, 0.15) is 0 Å². The molecular weight excluding hydrogens is 199 g/mol. The first kappa shape index (κ1) is 9.09. The van der Waals surface area contributed by atoms with Crippen LogP contribution in [0.25, 0.3) is 0 Å². The van der Waals surface area contributed by atoms with Crippen molar-refractivity contribution in [2.75, 3.05) is 0 Å². The number of nitrogens with zero attached hydrogens (tertiary/aromatic N) is 2. The summed E-state index contributed by atoms with van der Waals surface area (Å²) in [5, 5.41) is 0.542. The SMILES string of the molecule is NP(N)(=S)Sc1ncccn1. The molecule has 1 rings (SSSR count). The molecular formula is C4H7N4PS2. The predicted molar refractivity (Wildman–Crippen MR) is 50.5 cm³/mol. The maximum atomic E-state index is 5.45. The number of hydrogen-bond acceptors (Lipinski definition) is 4. The van der Waals surface area contributed by atoms with Crippen LogP contribution in [0.5, 0.6) is 0 Å². The Labute approximate surface area is 73.7 Å². The van der Waals surface area contributed by atoms with E-state index >= 15 is 0 Å². The molecule has 0 aliphatic heterocycles. The Balaban J connectivity index is 2.74. The zero-order valence-corrected chi connectivity index (χ0v) is 8.07. The maximum Gasteiger partial charge on any atom is 0.194 e. The lowest BCUT2D eigenvalue weighted by atomic mass is 10.7. The Bertz CT molecular complexity index is 271. The molecule has 1 aromatic heterocycles. The minimum atomic E-state index is -2.26. The number of nitrogens with two attached hydrogens (primary N) is 2. The molecule has 0 atom stereocenters. The summed E-state index contributed by atoms with van der Waals surface area (Å²) in [6.45, 7) is 0. The van der Waals surface area contributed by atoms with Crippen molar-refractivity contribution in [1.82, 2.24) is 9.97 Å².